The van der Waals surface area contributed by atoms with E-state index >= 15 is 0 Å². The number of pyridine rings is 1. The van der Waals surface area contributed by atoms with Crippen LogP contribution in [0.25, 0.3) is 5.65 Å². The van der Waals surface area contributed by atoms with Crippen molar-refractivity contribution in [1.29, 1.82) is 0 Å². The zero-order valence-corrected chi connectivity index (χ0v) is 14.8. The lowest BCUT2D eigenvalue weighted by molar-refractivity contribution is -0.385. The van der Waals surface area contributed by atoms with Crippen LogP contribution >= 0.6 is 0 Å². The van der Waals surface area contributed by atoms with Gasteiger partial charge in [0.25, 0.3) is 11.6 Å². The number of nitro groups is 1. The molecule has 0 atom stereocenters. The molecule has 0 spiro atoms. The minimum absolute atomic E-state index is 0.0901. The largest absolute Gasteiger partial charge is 0.493 e. The van der Waals surface area contributed by atoms with Crippen LogP contribution in [-0.4, -0.2) is 41.0 Å². The average molecular weight is 370 g/mol. The molecule has 0 aliphatic heterocycles. The Morgan fingerprint density at radius 1 is 1.26 bits per heavy atom. The van der Waals surface area contributed by atoms with Crippen molar-refractivity contribution in [2.75, 3.05) is 20.8 Å². The first-order valence-corrected chi connectivity index (χ1v) is 8.14. The van der Waals surface area contributed by atoms with Gasteiger partial charge in [-0.2, -0.15) is 0 Å². The van der Waals surface area contributed by atoms with Gasteiger partial charge in [-0.05, 0) is 12.1 Å². The van der Waals surface area contributed by atoms with Crippen LogP contribution in [0.5, 0.6) is 11.5 Å². The SMILES string of the molecule is COc1cc(C(=O)NCCc2cn3ccccc3n2)c([N+](=O)[O-])cc1OC. The fourth-order valence-electron chi connectivity index (χ4n) is 2.71. The molecule has 9 nitrogen and oxygen atoms in total. The Kier molecular flexibility index (Phi) is 5.20. The lowest BCUT2D eigenvalue weighted by Gasteiger charge is -2.10. The molecule has 0 aliphatic carbocycles. The molecule has 0 saturated carbocycles. The highest BCUT2D eigenvalue weighted by atomic mass is 16.6. The molecule has 2 heterocycles. The molecule has 2 aromatic heterocycles. The highest BCUT2D eigenvalue weighted by Gasteiger charge is 2.24. The average Bonchev–Trinajstić information content (AvgIpc) is 3.09. The molecule has 1 amide bonds. The highest BCUT2D eigenvalue weighted by molar-refractivity contribution is 5.99. The van der Waals surface area contributed by atoms with E-state index in [1.165, 1.54) is 26.4 Å². The second-order valence-electron chi connectivity index (χ2n) is 5.69. The first-order valence-electron chi connectivity index (χ1n) is 8.14. The van der Waals surface area contributed by atoms with Gasteiger partial charge in [0.15, 0.2) is 11.5 Å². The first-order chi connectivity index (χ1) is 13.0. The molecule has 3 rings (SSSR count). The molecule has 1 N–H and O–H groups in total. The van der Waals surface area contributed by atoms with Crippen LogP contribution in [0, 0.1) is 10.1 Å². The Morgan fingerprint density at radius 3 is 2.67 bits per heavy atom. The molecule has 0 fully saturated rings. The minimum Gasteiger partial charge on any atom is -0.493 e. The second kappa shape index (κ2) is 7.73. The summed E-state index contributed by atoms with van der Waals surface area (Å²) >= 11 is 0. The number of amides is 1. The summed E-state index contributed by atoms with van der Waals surface area (Å²) in [7, 11) is 2.77. The van der Waals surface area contributed by atoms with Crippen molar-refractivity contribution in [2.24, 2.45) is 0 Å². The maximum Gasteiger partial charge on any atom is 0.286 e. The molecule has 27 heavy (non-hydrogen) atoms. The molecule has 0 saturated heterocycles. The minimum atomic E-state index is -0.626. The summed E-state index contributed by atoms with van der Waals surface area (Å²) < 4.78 is 12.1. The number of ether oxygens (including phenoxy) is 2. The maximum absolute atomic E-state index is 12.5. The van der Waals surface area contributed by atoms with Crippen molar-refractivity contribution in [2.45, 2.75) is 6.42 Å². The molecule has 1 aromatic carbocycles. The summed E-state index contributed by atoms with van der Waals surface area (Å²) in [5.74, 6) is -0.134. The fourth-order valence-corrected chi connectivity index (χ4v) is 2.71. The number of carbonyl (C=O) groups excluding carboxylic acids is 1. The number of hydrogen-bond donors (Lipinski definition) is 1. The number of rotatable bonds is 7. The van der Waals surface area contributed by atoms with Crippen LogP contribution in [0.4, 0.5) is 5.69 Å². The molecular weight excluding hydrogens is 352 g/mol. The summed E-state index contributed by atoms with van der Waals surface area (Å²) in [6.07, 6.45) is 4.26. The van der Waals surface area contributed by atoms with Crippen LogP contribution in [0.3, 0.4) is 0 Å². The number of imidazole rings is 1. The number of hydrogen-bond acceptors (Lipinski definition) is 6. The van der Waals surface area contributed by atoms with Crippen molar-refractivity contribution >= 4 is 17.2 Å². The molecule has 0 radical (unpaired) electrons. The van der Waals surface area contributed by atoms with Gasteiger partial charge in [0.2, 0.25) is 0 Å². The predicted octanol–water partition coefficient (Wildman–Crippen LogP) is 2.23. The zero-order chi connectivity index (χ0) is 19.4. The Labute approximate surface area is 154 Å². The van der Waals surface area contributed by atoms with Crippen LogP contribution in [0.1, 0.15) is 16.1 Å². The Hall–Kier alpha value is -3.62. The van der Waals surface area contributed by atoms with E-state index in [9.17, 15) is 14.9 Å². The summed E-state index contributed by atoms with van der Waals surface area (Å²) in [4.78, 5) is 27.6. The van der Waals surface area contributed by atoms with Crippen molar-refractivity contribution < 1.29 is 19.2 Å². The van der Waals surface area contributed by atoms with E-state index in [2.05, 4.69) is 10.3 Å². The van der Waals surface area contributed by atoms with E-state index in [0.29, 0.717) is 6.42 Å². The smallest absolute Gasteiger partial charge is 0.286 e. The number of nitrogens with one attached hydrogen (secondary N) is 1. The van der Waals surface area contributed by atoms with Gasteiger partial charge in [0.05, 0.1) is 30.9 Å². The molecule has 0 unspecified atom stereocenters. The van der Waals surface area contributed by atoms with Crippen molar-refractivity contribution in [3.8, 4) is 11.5 Å². The first kappa shape index (κ1) is 18.2. The normalized spacial score (nSPS) is 10.6. The zero-order valence-electron chi connectivity index (χ0n) is 14.8. The third kappa shape index (κ3) is 3.81. The van der Waals surface area contributed by atoms with Crippen LogP contribution in [0.2, 0.25) is 0 Å². The maximum atomic E-state index is 12.5. The molecular formula is C18H18N4O5. The predicted molar refractivity (Wildman–Crippen MR) is 97.4 cm³/mol. The number of benzene rings is 1. The van der Waals surface area contributed by atoms with E-state index in [1.54, 1.807) is 0 Å². The van der Waals surface area contributed by atoms with Crippen LogP contribution in [-0.2, 0) is 6.42 Å². The Bertz CT molecular complexity index is 966. The van der Waals surface area contributed by atoms with Crippen molar-refractivity contribution in [3.63, 3.8) is 0 Å². The number of aromatic nitrogens is 2. The molecule has 0 bridgehead atoms. The Morgan fingerprint density at radius 2 is 2.00 bits per heavy atom. The molecule has 0 aliphatic rings. The lowest BCUT2D eigenvalue weighted by Crippen LogP contribution is -2.26. The van der Waals surface area contributed by atoms with Gasteiger partial charge in [0.1, 0.15) is 11.2 Å². The van der Waals surface area contributed by atoms with Gasteiger partial charge in [-0.3, -0.25) is 14.9 Å². The van der Waals surface area contributed by atoms with E-state index in [-0.39, 0.29) is 29.3 Å². The standard InChI is InChI=1S/C18H18N4O5/c1-26-15-9-13(14(22(24)25)10-16(15)27-2)18(23)19-7-6-12-11-21-8-4-3-5-17(21)20-12/h3-5,8-11H,6-7H2,1-2H3,(H,19,23). The summed E-state index contributed by atoms with van der Waals surface area (Å²) in [5.41, 5.74) is 1.18. The lowest BCUT2D eigenvalue weighted by atomic mass is 10.1. The molecule has 3 aromatic rings. The van der Waals surface area contributed by atoms with E-state index in [0.717, 1.165) is 11.3 Å². The van der Waals surface area contributed by atoms with Gasteiger partial charge in [-0.25, -0.2) is 4.98 Å². The van der Waals surface area contributed by atoms with Crippen molar-refractivity contribution in [1.82, 2.24) is 14.7 Å². The topological polar surface area (TPSA) is 108 Å². The number of nitrogens with zero attached hydrogens (tertiary/aromatic N) is 3. The highest BCUT2D eigenvalue weighted by Crippen LogP contribution is 2.34. The second-order valence-corrected chi connectivity index (χ2v) is 5.69. The summed E-state index contributed by atoms with van der Waals surface area (Å²) in [5, 5.41) is 14.0. The van der Waals surface area contributed by atoms with Gasteiger partial charge in [-0.1, -0.05) is 6.07 Å². The van der Waals surface area contributed by atoms with Gasteiger partial charge < -0.3 is 19.2 Å². The molecule has 140 valence electrons. The van der Waals surface area contributed by atoms with E-state index < -0.39 is 10.8 Å². The van der Waals surface area contributed by atoms with Gasteiger partial charge >= 0.3 is 0 Å². The number of methoxy groups -OCH3 is 2. The molecule has 9 heteroatoms. The summed E-state index contributed by atoms with van der Waals surface area (Å²) in [6.45, 7) is 0.286. The number of nitro benzene ring substituents is 1. The third-order valence-corrected chi connectivity index (χ3v) is 4.02. The van der Waals surface area contributed by atoms with Gasteiger partial charge in [0, 0.05) is 31.4 Å². The quantitative estimate of drug-likeness (QED) is 0.505. The fraction of sp³-hybridized carbons (Fsp3) is 0.222. The van der Waals surface area contributed by atoms with Crippen molar-refractivity contribution in [3.05, 3.63) is 64.1 Å². The number of carbonyl (C=O) groups is 1. The van der Waals surface area contributed by atoms with E-state index in [4.69, 9.17) is 9.47 Å². The number of fused-ring (bicyclic) bond motifs is 1. The Balaban J connectivity index is 1.74. The third-order valence-electron chi connectivity index (χ3n) is 4.02. The van der Waals surface area contributed by atoms with Crippen LogP contribution in [0.15, 0.2) is 42.7 Å². The van der Waals surface area contributed by atoms with Gasteiger partial charge in [-0.15, -0.1) is 0 Å². The summed E-state index contributed by atoms with van der Waals surface area (Å²) in [6, 6.07) is 8.16. The monoisotopic (exact) mass is 370 g/mol. The van der Waals surface area contributed by atoms with Crippen LogP contribution < -0.4 is 14.8 Å². The van der Waals surface area contributed by atoms with E-state index in [1.807, 2.05) is 35.0 Å².